The fraction of sp³-hybridized carbons (Fsp3) is 0.406. The van der Waals surface area contributed by atoms with Crippen molar-refractivity contribution in [2.75, 3.05) is 22.9 Å². The number of benzene rings is 1. The van der Waals surface area contributed by atoms with Crippen LogP contribution in [0.1, 0.15) is 67.8 Å². The number of aromatic nitrogens is 3. The van der Waals surface area contributed by atoms with Crippen molar-refractivity contribution in [2.24, 2.45) is 7.05 Å². The lowest BCUT2D eigenvalue weighted by Gasteiger charge is -2.29. The Balaban J connectivity index is 1.66. The van der Waals surface area contributed by atoms with Gasteiger partial charge in [-0.1, -0.05) is 68.4 Å². The third kappa shape index (κ3) is 5.50. The lowest BCUT2D eigenvalue weighted by atomic mass is 10.0. The molecule has 0 spiro atoms. The lowest BCUT2D eigenvalue weighted by molar-refractivity contribution is -0.113. The standard InChI is InChI=1S/C32H36N6O3S2/c1-5-6-18-36-28(35-16-12-7-8-13-17-35)24(21(2)25(20-33)29(36)39)19-26-30(40)37(32(42)43-26)27-22(3)34(4)38(31(27)41)23-14-10-9-11-15-23/h9-11,14-15,19H,5-8,12-13,16-18H2,1-4H3/b26-19+. The molecule has 1 amide bonds. The zero-order chi connectivity index (χ0) is 30.8. The van der Waals surface area contributed by atoms with Crippen LogP contribution in [0.15, 0.2) is 44.8 Å². The van der Waals surface area contributed by atoms with Gasteiger partial charge in [-0.3, -0.25) is 28.5 Å². The van der Waals surface area contributed by atoms with Crippen LogP contribution >= 0.6 is 24.0 Å². The Morgan fingerprint density at radius 3 is 2.33 bits per heavy atom. The molecule has 2 aliphatic rings. The van der Waals surface area contributed by atoms with Gasteiger partial charge in [-0.15, -0.1) is 0 Å². The molecule has 2 aliphatic heterocycles. The molecule has 4 heterocycles. The number of nitriles is 1. The maximum absolute atomic E-state index is 14.1. The molecule has 0 bridgehead atoms. The molecule has 0 unspecified atom stereocenters. The fourth-order valence-corrected chi connectivity index (χ4v) is 7.15. The number of hydrogen-bond acceptors (Lipinski definition) is 7. The minimum atomic E-state index is -0.396. The smallest absolute Gasteiger partial charge is 0.296 e. The van der Waals surface area contributed by atoms with Gasteiger partial charge in [0.15, 0.2) is 4.32 Å². The summed E-state index contributed by atoms with van der Waals surface area (Å²) in [5.74, 6) is 0.358. The number of thioether (sulfide) groups is 1. The number of carbonyl (C=O) groups excluding carboxylic acids is 1. The van der Waals surface area contributed by atoms with Crippen molar-refractivity contribution in [3.8, 4) is 11.8 Å². The summed E-state index contributed by atoms with van der Waals surface area (Å²) in [6.45, 7) is 7.71. The van der Waals surface area contributed by atoms with Crippen LogP contribution in [0.25, 0.3) is 11.8 Å². The first kappa shape index (κ1) is 30.6. The molecule has 43 heavy (non-hydrogen) atoms. The molecule has 0 atom stereocenters. The van der Waals surface area contributed by atoms with E-state index >= 15 is 0 Å². The number of anilines is 2. The maximum Gasteiger partial charge on any atom is 0.296 e. The Bertz CT molecular complexity index is 1770. The average Bonchev–Trinajstić information content (AvgIpc) is 3.24. The van der Waals surface area contributed by atoms with Gasteiger partial charge in [-0.05, 0) is 56.9 Å². The molecule has 5 rings (SSSR count). The first-order chi connectivity index (χ1) is 20.7. The fourth-order valence-electron chi connectivity index (χ4n) is 5.89. The van der Waals surface area contributed by atoms with E-state index in [-0.39, 0.29) is 26.7 Å². The van der Waals surface area contributed by atoms with E-state index in [9.17, 15) is 19.6 Å². The molecular weight excluding hydrogens is 581 g/mol. The van der Waals surface area contributed by atoms with Gasteiger partial charge in [0, 0.05) is 32.2 Å². The first-order valence-corrected chi connectivity index (χ1v) is 16.0. The van der Waals surface area contributed by atoms with Crippen molar-refractivity contribution in [3.05, 3.63) is 78.3 Å². The van der Waals surface area contributed by atoms with Gasteiger partial charge >= 0.3 is 0 Å². The van der Waals surface area contributed by atoms with E-state index in [2.05, 4.69) is 17.9 Å². The molecule has 1 aromatic carbocycles. The van der Waals surface area contributed by atoms with Crippen LogP contribution in [0.4, 0.5) is 11.5 Å². The molecule has 11 heteroatoms. The number of hydrogen-bond donors (Lipinski definition) is 0. The predicted octanol–water partition coefficient (Wildman–Crippen LogP) is 5.41. The molecular formula is C32H36N6O3S2. The second-order valence-corrected chi connectivity index (χ2v) is 12.7. The minimum Gasteiger partial charge on any atom is -0.357 e. The van der Waals surface area contributed by atoms with Crippen LogP contribution in [0.2, 0.25) is 0 Å². The number of pyridine rings is 1. The van der Waals surface area contributed by atoms with Crippen molar-refractivity contribution in [2.45, 2.75) is 65.8 Å². The van der Waals surface area contributed by atoms with E-state index in [1.165, 1.54) is 9.58 Å². The SMILES string of the molecule is CCCCn1c(N2CCCCCC2)c(/C=C2/SC(=S)N(c3c(C)n(C)n(-c4ccccc4)c3=O)C2=O)c(C)c(C#N)c1=O. The average molecular weight is 617 g/mol. The van der Waals surface area contributed by atoms with Crippen LogP contribution in [-0.2, 0) is 18.4 Å². The van der Waals surface area contributed by atoms with E-state index in [1.807, 2.05) is 30.3 Å². The molecule has 2 aromatic heterocycles. The van der Waals surface area contributed by atoms with Crippen LogP contribution in [-0.4, -0.2) is 37.2 Å². The highest BCUT2D eigenvalue weighted by molar-refractivity contribution is 8.27. The van der Waals surface area contributed by atoms with E-state index in [0.29, 0.717) is 34.0 Å². The minimum absolute atomic E-state index is 0.0843. The van der Waals surface area contributed by atoms with Gasteiger partial charge in [0.25, 0.3) is 17.0 Å². The van der Waals surface area contributed by atoms with Crippen molar-refractivity contribution < 1.29 is 4.79 Å². The Labute approximate surface area is 261 Å². The number of unbranched alkanes of at least 4 members (excludes halogenated alkanes) is 1. The summed E-state index contributed by atoms with van der Waals surface area (Å²) in [7, 11) is 1.78. The molecule has 0 saturated carbocycles. The zero-order valence-electron chi connectivity index (χ0n) is 25.1. The van der Waals surface area contributed by atoms with Gasteiger partial charge in [-0.2, -0.15) is 5.26 Å². The normalized spacial score (nSPS) is 16.7. The summed E-state index contributed by atoms with van der Waals surface area (Å²) in [5, 5.41) is 10.0. The molecule has 2 fully saturated rings. The number of thiocarbonyl (C=S) groups is 1. The summed E-state index contributed by atoms with van der Waals surface area (Å²) in [6, 6.07) is 11.4. The highest BCUT2D eigenvalue weighted by Crippen LogP contribution is 2.39. The van der Waals surface area contributed by atoms with E-state index < -0.39 is 5.91 Å². The highest BCUT2D eigenvalue weighted by atomic mass is 32.2. The van der Waals surface area contributed by atoms with Crippen LogP contribution < -0.4 is 20.9 Å². The number of nitrogens with zero attached hydrogens (tertiary/aromatic N) is 6. The summed E-state index contributed by atoms with van der Waals surface area (Å²) >= 11 is 6.83. The highest BCUT2D eigenvalue weighted by Gasteiger charge is 2.38. The molecule has 224 valence electrons. The monoisotopic (exact) mass is 616 g/mol. The summed E-state index contributed by atoms with van der Waals surface area (Å²) in [4.78, 5) is 45.3. The van der Waals surface area contributed by atoms with Crippen molar-refractivity contribution in [1.29, 1.82) is 5.26 Å². The Morgan fingerprint density at radius 1 is 1.02 bits per heavy atom. The molecule has 0 aliphatic carbocycles. The third-order valence-corrected chi connectivity index (χ3v) is 9.61. The summed E-state index contributed by atoms with van der Waals surface area (Å²) < 4.78 is 5.24. The quantitative estimate of drug-likeness (QED) is 0.259. The topological polar surface area (TPSA) is 96.3 Å². The van der Waals surface area contributed by atoms with Crippen molar-refractivity contribution >= 4 is 51.8 Å². The lowest BCUT2D eigenvalue weighted by Crippen LogP contribution is -2.35. The molecule has 0 N–H and O–H groups in total. The van der Waals surface area contributed by atoms with Gasteiger partial charge < -0.3 is 4.90 Å². The Morgan fingerprint density at radius 2 is 1.70 bits per heavy atom. The van der Waals surface area contributed by atoms with Crippen LogP contribution in [0, 0.1) is 25.2 Å². The summed E-state index contributed by atoms with van der Waals surface area (Å²) in [5.41, 5.74) is 2.18. The zero-order valence-corrected chi connectivity index (χ0v) is 26.7. The van der Waals surface area contributed by atoms with Gasteiger partial charge in [0.1, 0.15) is 23.1 Å². The molecule has 0 radical (unpaired) electrons. The first-order valence-electron chi connectivity index (χ1n) is 14.8. The number of amides is 1. The number of rotatable bonds is 7. The maximum atomic E-state index is 14.1. The number of carbonyl (C=O) groups is 1. The molecule has 9 nitrogen and oxygen atoms in total. The molecule has 2 saturated heterocycles. The van der Waals surface area contributed by atoms with Crippen LogP contribution in [0.5, 0.6) is 0 Å². The van der Waals surface area contributed by atoms with Crippen LogP contribution in [0.3, 0.4) is 0 Å². The van der Waals surface area contributed by atoms with E-state index in [0.717, 1.165) is 69.2 Å². The van der Waals surface area contributed by atoms with Gasteiger partial charge in [-0.25, -0.2) is 4.68 Å². The number of para-hydroxylation sites is 1. The third-order valence-electron chi connectivity index (χ3n) is 8.30. The summed E-state index contributed by atoms with van der Waals surface area (Å²) in [6.07, 6.45) is 7.70. The Kier molecular flexibility index (Phi) is 9.08. The van der Waals surface area contributed by atoms with E-state index in [4.69, 9.17) is 12.2 Å². The Hall–Kier alpha value is -3.88. The largest absolute Gasteiger partial charge is 0.357 e. The van der Waals surface area contributed by atoms with Gasteiger partial charge in [0.05, 0.1) is 16.3 Å². The predicted molar refractivity (Wildman–Crippen MR) is 177 cm³/mol. The van der Waals surface area contributed by atoms with Gasteiger partial charge in [0.2, 0.25) is 0 Å². The van der Waals surface area contributed by atoms with E-state index in [1.54, 1.807) is 36.2 Å². The van der Waals surface area contributed by atoms with Crippen molar-refractivity contribution in [1.82, 2.24) is 13.9 Å². The second-order valence-electron chi connectivity index (χ2n) is 11.0. The van der Waals surface area contributed by atoms with Crippen molar-refractivity contribution in [3.63, 3.8) is 0 Å². The second kappa shape index (κ2) is 12.8. The molecule has 3 aromatic rings.